The number of carbonyl (C=O) groups excluding carboxylic acids is 1. The smallest absolute Gasteiger partial charge is 0.228 e. The van der Waals surface area contributed by atoms with Crippen molar-refractivity contribution in [2.45, 2.75) is 19.8 Å². The number of carbonyl (C=O) groups is 1. The van der Waals surface area contributed by atoms with Gasteiger partial charge in [-0.25, -0.2) is 0 Å². The average Bonchev–Trinajstić information content (AvgIpc) is 2.34. The molecule has 0 saturated carbocycles. The van der Waals surface area contributed by atoms with Crippen LogP contribution in [-0.2, 0) is 11.2 Å². The number of hydrogen-bond donors (Lipinski definition) is 1. The molecule has 1 amide bonds. The minimum atomic E-state index is 0.221. The number of para-hydroxylation sites is 1. The Morgan fingerprint density at radius 1 is 1.47 bits per heavy atom. The molecule has 0 spiro atoms. The molecule has 3 nitrogen and oxygen atoms in total. The third-order valence-corrected chi connectivity index (χ3v) is 3.23. The number of amides is 1. The molecule has 92 valence electrons. The van der Waals surface area contributed by atoms with Gasteiger partial charge in [0.05, 0.1) is 0 Å². The molecule has 17 heavy (non-hydrogen) atoms. The number of nitrogens with zero attached hydrogens (tertiary/aromatic N) is 1. The quantitative estimate of drug-likeness (QED) is 0.862. The maximum absolute atomic E-state index is 12.2. The van der Waals surface area contributed by atoms with Gasteiger partial charge in [-0.2, -0.15) is 0 Å². The Hall–Kier alpha value is -1.35. The molecule has 2 rings (SSSR count). The van der Waals surface area contributed by atoms with Crippen molar-refractivity contribution in [1.82, 2.24) is 5.32 Å². The molecule has 1 aromatic carbocycles. The molecule has 0 saturated heterocycles. The Kier molecular flexibility index (Phi) is 3.79. The lowest BCUT2D eigenvalue weighted by atomic mass is 9.93. The standard InChI is InChI=1S/C14H20N2O/c1-11-9-12-5-3-4-6-13(12)16(10-11)14(17)7-8-15-2/h3-6,11,15H,7-10H2,1-2H3. The van der Waals surface area contributed by atoms with Gasteiger partial charge in [-0.05, 0) is 31.0 Å². The molecule has 0 aliphatic carbocycles. The van der Waals surface area contributed by atoms with Crippen LogP contribution in [0.3, 0.4) is 0 Å². The normalized spacial score (nSPS) is 18.9. The van der Waals surface area contributed by atoms with Crippen molar-refractivity contribution in [2.24, 2.45) is 5.92 Å². The van der Waals surface area contributed by atoms with Crippen LogP contribution >= 0.6 is 0 Å². The third kappa shape index (κ3) is 2.67. The molecule has 1 aliphatic heterocycles. The van der Waals surface area contributed by atoms with Crippen molar-refractivity contribution in [3.63, 3.8) is 0 Å². The average molecular weight is 232 g/mol. The molecule has 1 atom stereocenters. The Morgan fingerprint density at radius 2 is 2.24 bits per heavy atom. The van der Waals surface area contributed by atoms with Gasteiger partial charge in [0.2, 0.25) is 5.91 Å². The summed E-state index contributed by atoms with van der Waals surface area (Å²) in [4.78, 5) is 14.1. The van der Waals surface area contributed by atoms with E-state index in [1.54, 1.807) is 0 Å². The molecule has 0 radical (unpaired) electrons. The molecule has 1 N–H and O–H groups in total. The van der Waals surface area contributed by atoms with Gasteiger partial charge in [-0.3, -0.25) is 4.79 Å². The monoisotopic (exact) mass is 232 g/mol. The minimum Gasteiger partial charge on any atom is -0.319 e. The van der Waals surface area contributed by atoms with Gasteiger partial charge >= 0.3 is 0 Å². The first-order chi connectivity index (χ1) is 8.22. The maximum Gasteiger partial charge on any atom is 0.228 e. The van der Waals surface area contributed by atoms with E-state index in [0.29, 0.717) is 12.3 Å². The van der Waals surface area contributed by atoms with Gasteiger partial charge < -0.3 is 10.2 Å². The van der Waals surface area contributed by atoms with Crippen LogP contribution in [0.4, 0.5) is 5.69 Å². The molecule has 0 fully saturated rings. The highest BCUT2D eigenvalue weighted by Crippen LogP contribution is 2.29. The Balaban J connectivity index is 2.20. The van der Waals surface area contributed by atoms with E-state index in [9.17, 15) is 4.79 Å². The topological polar surface area (TPSA) is 32.3 Å². The fourth-order valence-electron chi connectivity index (χ4n) is 2.40. The van der Waals surface area contributed by atoms with Crippen molar-refractivity contribution in [3.05, 3.63) is 29.8 Å². The fraction of sp³-hybridized carbons (Fsp3) is 0.500. The van der Waals surface area contributed by atoms with E-state index in [4.69, 9.17) is 0 Å². The summed E-state index contributed by atoms with van der Waals surface area (Å²) in [6.07, 6.45) is 1.64. The lowest BCUT2D eigenvalue weighted by Crippen LogP contribution is -2.40. The van der Waals surface area contributed by atoms with Crippen LogP contribution in [0, 0.1) is 5.92 Å². The molecule has 3 heteroatoms. The van der Waals surface area contributed by atoms with E-state index in [0.717, 1.165) is 25.2 Å². The molecule has 1 aliphatic rings. The summed E-state index contributed by atoms with van der Waals surface area (Å²) in [6.45, 7) is 3.79. The largest absolute Gasteiger partial charge is 0.319 e. The molecule has 1 aromatic rings. The van der Waals surface area contributed by atoms with Crippen molar-refractivity contribution in [2.75, 3.05) is 25.0 Å². The second-order valence-corrected chi connectivity index (χ2v) is 4.80. The van der Waals surface area contributed by atoms with E-state index in [1.807, 2.05) is 24.1 Å². The minimum absolute atomic E-state index is 0.221. The van der Waals surface area contributed by atoms with Gasteiger partial charge in [0.15, 0.2) is 0 Å². The molecule has 0 bridgehead atoms. The molecule has 1 heterocycles. The van der Waals surface area contributed by atoms with Gasteiger partial charge in [0.25, 0.3) is 0 Å². The van der Waals surface area contributed by atoms with E-state index >= 15 is 0 Å². The highest BCUT2D eigenvalue weighted by atomic mass is 16.2. The highest BCUT2D eigenvalue weighted by molar-refractivity contribution is 5.94. The summed E-state index contributed by atoms with van der Waals surface area (Å²) in [5.74, 6) is 0.766. The Labute approximate surface area is 103 Å². The zero-order valence-electron chi connectivity index (χ0n) is 10.6. The van der Waals surface area contributed by atoms with Crippen LogP contribution in [-0.4, -0.2) is 26.0 Å². The first kappa shape index (κ1) is 12.1. The lowest BCUT2D eigenvalue weighted by molar-refractivity contribution is -0.118. The van der Waals surface area contributed by atoms with Gasteiger partial charge in [-0.1, -0.05) is 25.1 Å². The predicted molar refractivity (Wildman–Crippen MR) is 70.2 cm³/mol. The lowest BCUT2D eigenvalue weighted by Gasteiger charge is -2.33. The van der Waals surface area contributed by atoms with Crippen LogP contribution < -0.4 is 10.2 Å². The molecular weight excluding hydrogens is 212 g/mol. The Bertz CT molecular complexity index is 403. The van der Waals surface area contributed by atoms with Crippen molar-refractivity contribution >= 4 is 11.6 Å². The number of nitrogens with one attached hydrogen (secondary N) is 1. The van der Waals surface area contributed by atoms with E-state index < -0.39 is 0 Å². The zero-order chi connectivity index (χ0) is 12.3. The van der Waals surface area contributed by atoms with Gasteiger partial charge in [-0.15, -0.1) is 0 Å². The van der Waals surface area contributed by atoms with Crippen molar-refractivity contribution in [3.8, 4) is 0 Å². The number of benzene rings is 1. The molecule has 1 unspecified atom stereocenters. The molecule has 0 aromatic heterocycles. The van der Waals surface area contributed by atoms with Crippen LogP contribution in [0.1, 0.15) is 18.9 Å². The number of hydrogen-bond acceptors (Lipinski definition) is 2. The first-order valence-electron chi connectivity index (χ1n) is 6.25. The number of rotatable bonds is 3. The summed E-state index contributed by atoms with van der Waals surface area (Å²) in [6, 6.07) is 8.24. The number of anilines is 1. The maximum atomic E-state index is 12.2. The first-order valence-corrected chi connectivity index (χ1v) is 6.25. The van der Waals surface area contributed by atoms with Gasteiger partial charge in [0.1, 0.15) is 0 Å². The third-order valence-electron chi connectivity index (χ3n) is 3.23. The van der Waals surface area contributed by atoms with Crippen molar-refractivity contribution < 1.29 is 4.79 Å². The SMILES string of the molecule is CNCCC(=O)N1CC(C)Cc2ccccc21. The molecular formula is C14H20N2O. The van der Waals surface area contributed by atoms with Crippen LogP contribution in [0.25, 0.3) is 0 Å². The van der Waals surface area contributed by atoms with E-state index in [-0.39, 0.29) is 5.91 Å². The fourth-order valence-corrected chi connectivity index (χ4v) is 2.40. The highest BCUT2D eigenvalue weighted by Gasteiger charge is 2.25. The van der Waals surface area contributed by atoms with E-state index in [2.05, 4.69) is 24.4 Å². The van der Waals surface area contributed by atoms with Crippen LogP contribution in [0.2, 0.25) is 0 Å². The van der Waals surface area contributed by atoms with Crippen molar-refractivity contribution in [1.29, 1.82) is 0 Å². The zero-order valence-corrected chi connectivity index (χ0v) is 10.6. The second kappa shape index (κ2) is 5.32. The summed E-state index contributed by atoms with van der Waals surface area (Å²) < 4.78 is 0. The summed E-state index contributed by atoms with van der Waals surface area (Å²) >= 11 is 0. The van der Waals surface area contributed by atoms with E-state index in [1.165, 1.54) is 5.56 Å². The Morgan fingerprint density at radius 3 is 3.00 bits per heavy atom. The second-order valence-electron chi connectivity index (χ2n) is 4.80. The van der Waals surface area contributed by atoms with Gasteiger partial charge in [0, 0.05) is 25.2 Å². The van der Waals surface area contributed by atoms with Crippen LogP contribution in [0.5, 0.6) is 0 Å². The number of fused-ring (bicyclic) bond motifs is 1. The summed E-state index contributed by atoms with van der Waals surface area (Å²) in [5.41, 5.74) is 2.40. The summed E-state index contributed by atoms with van der Waals surface area (Å²) in [7, 11) is 1.88. The predicted octanol–water partition coefficient (Wildman–Crippen LogP) is 1.82. The summed E-state index contributed by atoms with van der Waals surface area (Å²) in [5, 5.41) is 3.03. The van der Waals surface area contributed by atoms with Crippen LogP contribution in [0.15, 0.2) is 24.3 Å².